The number of aromatic amines is 1. The van der Waals surface area contributed by atoms with Gasteiger partial charge in [0.05, 0.1) is 16.5 Å². The highest BCUT2D eigenvalue weighted by atomic mass is 35.5. The van der Waals surface area contributed by atoms with Crippen molar-refractivity contribution in [2.24, 2.45) is 7.05 Å². The van der Waals surface area contributed by atoms with E-state index in [1.54, 1.807) is 24.3 Å². The molecule has 108 valence electrons. The van der Waals surface area contributed by atoms with Crippen molar-refractivity contribution in [2.75, 3.05) is 0 Å². The summed E-state index contributed by atoms with van der Waals surface area (Å²) in [5, 5.41) is 10.3. The molecule has 0 bridgehead atoms. The Morgan fingerprint density at radius 2 is 2.27 bits per heavy atom. The number of hydrogen-bond acceptors (Lipinski definition) is 3. The fourth-order valence-electron chi connectivity index (χ4n) is 2.17. The Balaban J connectivity index is 2.20. The van der Waals surface area contributed by atoms with Gasteiger partial charge in [0.25, 0.3) is 5.56 Å². The van der Waals surface area contributed by atoms with E-state index in [1.165, 1.54) is 0 Å². The third-order valence-corrected chi connectivity index (χ3v) is 3.56. The number of aromatic nitrogens is 3. The maximum Gasteiger partial charge on any atom is 0.259 e. The zero-order valence-corrected chi connectivity index (χ0v) is 12.4. The molecule has 2 heterocycles. The number of nitrogens with one attached hydrogen (secondary N) is 1. The van der Waals surface area contributed by atoms with Gasteiger partial charge >= 0.3 is 0 Å². The van der Waals surface area contributed by atoms with Crippen LogP contribution < -0.4 is 5.56 Å². The minimum absolute atomic E-state index is 0.225. The fraction of sp³-hybridized carbons (Fsp3) is 0.0625. The van der Waals surface area contributed by atoms with Crippen LogP contribution >= 0.6 is 11.6 Å². The van der Waals surface area contributed by atoms with Gasteiger partial charge in [-0.3, -0.25) is 4.79 Å². The molecule has 3 rings (SSSR count). The van der Waals surface area contributed by atoms with Gasteiger partial charge < -0.3 is 9.55 Å². The summed E-state index contributed by atoms with van der Waals surface area (Å²) in [7, 11) is 1.87. The van der Waals surface area contributed by atoms with Crippen LogP contribution in [0.1, 0.15) is 11.5 Å². The van der Waals surface area contributed by atoms with E-state index in [0.29, 0.717) is 15.9 Å². The molecule has 6 heteroatoms. The third kappa shape index (κ3) is 2.52. The largest absolute Gasteiger partial charge is 0.351 e. The predicted molar refractivity (Wildman–Crippen MR) is 86.3 cm³/mol. The number of nitriles is 1. The van der Waals surface area contributed by atoms with Crippen molar-refractivity contribution in [1.29, 1.82) is 5.26 Å². The van der Waals surface area contributed by atoms with Gasteiger partial charge in [0, 0.05) is 24.0 Å². The Bertz CT molecular complexity index is 991. The summed E-state index contributed by atoms with van der Waals surface area (Å²) in [6.45, 7) is 0. The Kier molecular flexibility index (Phi) is 3.53. The highest BCUT2D eigenvalue weighted by Crippen LogP contribution is 2.18. The molecular weight excluding hydrogens is 300 g/mol. The maximum atomic E-state index is 12.1. The van der Waals surface area contributed by atoms with Gasteiger partial charge in [-0.1, -0.05) is 11.6 Å². The summed E-state index contributed by atoms with van der Waals surface area (Å²) in [6.07, 6.45) is 3.55. The van der Waals surface area contributed by atoms with Crippen molar-refractivity contribution < 1.29 is 0 Å². The number of halogens is 1. The maximum absolute atomic E-state index is 12.1. The molecule has 0 aliphatic carbocycles. The number of rotatable bonds is 2. The molecule has 22 heavy (non-hydrogen) atoms. The van der Waals surface area contributed by atoms with Crippen molar-refractivity contribution in [3.8, 4) is 6.07 Å². The summed E-state index contributed by atoms with van der Waals surface area (Å²) in [6, 6.07) is 10.7. The molecule has 5 nitrogen and oxygen atoms in total. The quantitative estimate of drug-likeness (QED) is 0.739. The number of nitrogens with zero attached hydrogens (tertiary/aromatic N) is 3. The number of allylic oxidation sites excluding steroid dienone is 1. The lowest BCUT2D eigenvalue weighted by Gasteiger charge is -2.03. The Hall–Kier alpha value is -2.84. The lowest BCUT2D eigenvalue weighted by molar-refractivity contribution is 0.915. The number of benzene rings is 1. The number of aryl methyl sites for hydroxylation is 1. The normalized spacial score (nSPS) is 11.6. The lowest BCUT2D eigenvalue weighted by Crippen LogP contribution is -2.11. The van der Waals surface area contributed by atoms with Crippen LogP contribution in [0.15, 0.2) is 41.3 Å². The van der Waals surface area contributed by atoms with E-state index >= 15 is 0 Å². The minimum atomic E-state index is -0.301. The standard InChI is InChI=1S/C16H11ClN4O/c1-21-6-2-3-12(21)7-10(9-18)15-19-14-8-11(17)4-5-13(14)16(22)20-15/h2-8H,1H3,(H,19,20,22)/b10-7+. The Morgan fingerprint density at radius 1 is 1.45 bits per heavy atom. The van der Waals surface area contributed by atoms with Crippen molar-refractivity contribution in [3.05, 3.63) is 63.4 Å². The van der Waals surface area contributed by atoms with Crippen LogP contribution in [0.25, 0.3) is 22.6 Å². The van der Waals surface area contributed by atoms with Crippen molar-refractivity contribution in [1.82, 2.24) is 14.5 Å². The van der Waals surface area contributed by atoms with Crippen LogP contribution in [-0.2, 0) is 7.05 Å². The Morgan fingerprint density at radius 3 is 2.95 bits per heavy atom. The van der Waals surface area contributed by atoms with Gasteiger partial charge in [-0.2, -0.15) is 5.26 Å². The zero-order chi connectivity index (χ0) is 15.7. The van der Waals surface area contributed by atoms with Gasteiger partial charge in [-0.25, -0.2) is 4.98 Å². The molecule has 0 aliphatic heterocycles. The van der Waals surface area contributed by atoms with E-state index in [4.69, 9.17) is 11.6 Å². The molecule has 3 aromatic rings. The number of H-pyrrole nitrogens is 1. The smallest absolute Gasteiger partial charge is 0.259 e. The molecule has 0 saturated carbocycles. The van der Waals surface area contributed by atoms with E-state index in [2.05, 4.69) is 16.0 Å². The molecule has 0 spiro atoms. The van der Waals surface area contributed by atoms with Gasteiger partial charge in [0.15, 0.2) is 5.82 Å². The lowest BCUT2D eigenvalue weighted by atomic mass is 10.2. The second kappa shape index (κ2) is 5.51. The predicted octanol–water partition coefficient (Wildman–Crippen LogP) is 2.98. The van der Waals surface area contributed by atoms with Crippen molar-refractivity contribution in [3.63, 3.8) is 0 Å². The Labute approximate surface area is 131 Å². The third-order valence-electron chi connectivity index (χ3n) is 3.32. The van der Waals surface area contributed by atoms with Crippen LogP contribution in [0, 0.1) is 11.3 Å². The van der Waals surface area contributed by atoms with E-state index < -0.39 is 0 Å². The van der Waals surface area contributed by atoms with E-state index in [-0.39, 0.29) is 17.0 Å². The molecule has 1 aromatic carbocycles. The molecule has 0 aliphatic rings. The van der Waals surface area contributed by atoms with Crippen molar-refractivity contribution >= 4 is 34.2 Å². The number of fused-ring (bicyclic) bond motifs is 1. The van der Waals surface area contributed by atoms with Crippen LogP contribution in [0.4, 0.5) is 0 Å². The second-order valence-electron chi connectivity index (χ2n) is 4.79. The molecular formula is C16H11ClN4O. The summed E-state index contributed by atoms with van der Waals surface area (Å²) < 4.78 is 1.87. The van der Waals surface area contributed by atoms with Gasteiger partial charge in [0.2, 0.25) is 0 Å². The first-order chi connectivity index (χ1) is 10.6. The topological polar surface area (TPSA) is 74.5 Å². The minimum Gasteiger partial charge on any atom is -0.351 e. The average Bonchev–Trinajstić information content (AvgIpc) is 2.89. The summed E-state index contributed by atoms with van der Waals surface area (Å²) in [5.41, 5.74) is 1.27. The summed E-state index contributed by atoms with van der Waals surface area (Å²) in [4.78, 5) is 19.1. The van der Waals surface area contributed by atoms with Crippen LogP contribution in [0.3, 0.4) is 0 Å². The molecule has 0 amide bonds. The SMILES string of the molecule is Cn1cccc1/C=C(\C#N)c1nc2cc(Cl)ccc2c(=O)[nH]1. The highest BCUT2D eigenvalue weighted by Gasteiger charge is 2.09. The average molecular weight is 311 g/mol. The van der Waals surface area contributed by atoms with Crippen molar-refractivity contribution in [2.45, 2.75) is 0 Å². The van der Waals surface area contributed by atoms with Gasteiger partial charge in [0.1, 0.15) is 6.07 Å². The molecule has 2 aromatic heterocycles. The van der Waals surface area contributed by atoms with Crippen LogP contribution in [-0.4, -0.2) is 14.5 Å². The monoisotopic (exact) mass is 310 g/mol. The second-order valence-corrected chi connectivity index (χ2v) is 5.23. The zero-order valence-electron chi connectivity index (χ0n) is 11.7. The first kappa shape index (κ1) is 14.1. The van der Waals surface area contributed by atoms with E-state index in [0.717, 1.165) is 5.69 Å². The fourth-order valence-corrected chi connectivity index (χ4v) is 2.33. The molecule has 0 unspecified atom stereocenters. The highest BCUT2D eigenvalue weighted by molar-refractivity contribution is 6.31. The van der Waals surface area contributed by atoms with Gasteiger partial charge in [-0.05, 0) is 36.4 Å². The molecule has 0 fully saturated rings. The summed E-state index contributed by atoms with van der Waals surface area (Å²) >= 11 is 5.94. The molecule has 1 N–H and O–H groups in total. The van der Waals surface area contributed by atoms with Crippen LogP contribution in [0.5, 0.6) is 0 Å². The molecule has 0 atom stereocenters. The van der Waals surface area contributed by atoms with Gasteiger partial charge in [-0.15, -0.1) is 0 Å². The van der Waals surface area contributed by atoms with Crippen LogP contribution in [0.2, 0.25) is 5.02 Å². The van der Waals surface area contributed by atoms with E-state index in [1.807, 2.05) is 29.9 Å². The molecule has 0 saturated heterocycles. The first-order valence-electron chi connectivity index (χ1n) is 6.51. The van der Waals surface area contributed by atoms with E-state index in [9.17, 15) is 10.1 Å². The first-order valence-corrected chi connectivity index (χ1v) is 6.89. The molecule has 0 radical (unpaired) electrons. The summed E-state index contributed by atoms with van der Waals surface area (Å²) in [5.74, 6) is 0.225. The number of hydrogen-bond donors (Lipinski definition) is 1.